The van der Waals surface area contributed by atoms with Crippen LogP contribution in [0.5, 0.6) is 0 Å². The van der Waals surface area contributed by atoms with E-state index in [4.69, 9.17) is 0 Å². The van der Waals surface area contributed by atoms with Crippen molar-refractivity contribution >= 4 is 18.0 Å². The summed E-state index contributed by atoms with van der Waals surface area (Å²) in [5.74, 6) is -1.35. The highest BCUT2D eigenvalue weighted by Gasteiger charge is 2.34. The molecule has 1 N–H and O–H groups in total. The molecular formula is C23H19F2N3O2. The van der Waals surface area contributed by atoms with Crippen LogP contribution in [0.1, 0.15) is 22.5 Å². The maximum atomic E-state index is 13.9. The Hall–Kier alpha value is -3.74. The van der Waals surface area contributed by atoms with Gasteiger partial charge in [-0.05, 0) is 55.8 Å². The smallest absolute Gasteiger partial charge is 0.318 e. The summed E-state index contributed by atoms with van der Waals surface area (Å²) >= 11 is 0. The van der Waals surface area contributed by atoms with Gasteiger partial charge in [-0.25, -0.2) is 13.6 Å². The Morgan fingerprint density at radius 2 is 1.77 bits per heavy atom. The number of urea groups is 1. The first-order valence-corrected chi connectivity index (χ1v) is 9.38. The molecule has 0 atom stereocenters. The molecule has 2 aromatic carbocycles. The molecule has 30 heavy (non-hydrogen) atoms. The van der Waals surface area contributed by atoms with Crippen LogP contribution in [-0.4, -0.2) is 21.4 Å². The highest BCUT2D eigenvalue weighted by atomic mass is 19.1. The van der Waals surface area contributed by atoms with Crippen molar-refractivity contribution in [3.05, 3.63) is 94.4 Å². The Bertz CT molecular complexity index is 1200. The van der Waals surface area contributed by atoms with Crippen molar-refractivity contribution in [2.24, 2.45) is 0 Å². The van der Waals surface area contributed by atoms with E-state index in [1.165, 1.54) is 24.3 Å². The Balaban J connectivity index is 1.64. The number of imide groups is 1. The SMILES string of the molecule is Cc1cc(C=C2NC(=O)N(Cc3ccccc3F)C2=O)c(C)n1-c1cccc(F)c1. The molecule has 3 aromatic rings. The Morgan fingerprint density at radius 3 is 2.50 bits per heavy atom. The minimum absolute atomic E-state index is 0.107. The number of carbonyl (C=O) groups excluding carboxylic acids is 2. The van der Waals surface area contributed by atoms with E-state index in [-0.39, 0.29) is 23.6 Å². The van der Waals surface area contributed by atoms with Gasteiger partial charge in [-0.15, -0.1) is 0 Å². The molecule has 152 valence electrons. The van der Waals surface area contributed by atoms with E-state index < -0.39 is 17.8 Å². The zero-order valence-electron chi connectivity index (χ0n) is 16.4. The van der Waals surface area contributed by atoms with E-state index >= 15 is 0 Å². The summed E-state index contributed by atoms with van der Waals surface area (Å²) in [6.07, 6.45) is 1.58. The third-order valence-corrected chi connectivity index (χ3v) is 5.09. The molecule has 0 radical (unpaired) electrons. The minimum Gasteiger partial charge on any atom is -0.318 e. The lowest BCUT2D eigenvalue weighted by Gasteiger charge is -2.12. The monoisotopic (exact) mass is 407 g/mol. The molecule has 0 saturated carbocycles. The first kappa shape index (κ1) is 19.6. The largest absolute Gasteiger partial charge is 0.329 e. The molecule has 0 aliphatic carbocycles. The molecular weight excluding hydrogens is 388 g/mol. The summed E-state index contributed by atoms with van der Waals surface area (Å²) in [6.45, 7) is 3.57. The van der Waals surface area contributed by atoms with Crippen LogP contribution in [-0.2, 0) is 11.3 Å². The van der Waals surface area contributed by atoms with Crippen molar-refractivity contribution in [2.45, 2.75) is 20.4 Å². The van der Waals surface area contributed by atoms with E-state index in [0.29, 0.717) is 11.3 Å². The highest BCUT2D eigenvalue weighted by Crippen LogP contribution is 2.25. The van der Waals surface area contributed by atoms with Crippen LogP contribution in [0.2, 0.25) is 0 Å². The van der Waals surface area contributed by atoms with Crippen LogP contribution in [0.4, 0.5) is 13.6 Å². The fourth-order valence-electron chi connectivity index (χ4n) is 3.61. The quantitative estimate of drug-likeness (QED) is 0.513. The molecule has 1 aromatic heterocycles. The maximum absolute atomic E-state index is 13.9. The summed E-state index contributed by atoms with van der Waals surface area (Å²) in [5.41, 5.74) is 3.39. The van der Waals surface area contributed by atoms with Gasteiger partial charge in [0.2, 0.25) is 0 Å². The van der Waals surface area contributed by atoms with E-state index in [2.05, 4.69) is 5.32 Å². The van der Waals surface area contributed by atoms with Crippen molar-refractivity contribution in [3.63, 3.8) is 0 Å². The van der Waals surface area contributed by atoms with Gasteiger partial charge >= 0.3 is 6.03 Å². The second kappa shape index (κ2) is 7.59. The molecule has 2 heterocycles. The van der Waals surface area contributed by atoms with Crippen molar-refractivity contribution in [1.29, 1.82) is 0 Å². The zero-order chi connectivity index (χ0) is 21.4. The standard InChI is InChI=1S/C23H19F2N3O2/c1-14-10-17(15(2)28(14)19-8-5-7-18(24)12-19)11-21-22(29)27(23(30)26-21)13-16-6-3-4-9-20(16)25/h3-12H,13H2,1-2H3,(H,26,30). The number of nitrogens with zero attached hydrogens (tertiary/aromatic N) is 2. The van der Waals surface area contributed by atoms with Crippen molar-refractivity contribution in [3.8, 4) is 5.69 Å². The summed E-state index contributed by atoms with van der Waals surface area (Å²) in [4.78, 5) is 26.0. The Kier molecular flexibility index (Phi) is 4.95. The van der Waals surface area contributed by atoms with Gasteiger partial charge < -0.3 is 9.88 Å². The molecule has 7 heteroatoms. The van der Waals surface area contributed by atoms with Gasteiger partial charge in [-0.3, -0.25) is 9.69 Å². The van der Waals surface area contributed by atoms with E-state index in [1.54, 1.807) is 30.3 Å². The van der Waals surface area contributed by atoms with Crippen molar-refractivity contribution in [2.75, 3.05) is 0 Å². The third-order valence-electron chi connectivity index (χ3n) is 5.09. The average Bonchev–Trinajstić information content (AvgIpc) is 3.13. The average molecular weight is 407 g/mol. The van der Waals surface area contributed by atoms with E-state index in [0.717, 1.165) is 16.3 Å². The molecule has 1 aliphatic heterocycles. The van der Waals surface area contributed by atoms with Crippen LogP contribution < -0.4 is 5.32 Å². The van der Waals surface area contributed by atoms with Gasteiger partial charge in [0, 0.05) is 22.6 Å². The number of carbonyl (C=O) groups is 2. The van der Waals surface area contributed by atoms with Crippen LogP contribution in [0.3, 0.4) is 0 Å². The first-order chi connectivity index (χ1) is 14.3. The Labute approximate surface area is 172 Å². The van der Waals surface area contributed by atoms with E-state index in [1.807, 2.05) is 24.5 Å². The molecule has 1 aliphatic rings. The topological polar surface area (TPSA) is 54.3 Å². The lowest BCUT2D eigenvalue weighted by molar-refractivity contribution is -0.123. The molecule has 0 bridgehead atoms. The van der Waals surface area contributed by atoms with Gasteiger partial charge in [0.05, 0.1) is 6.54 Å². The van der Waals surface area contributed by atoms with Gasteiger partial charge in [0.15, 0.2) is 0 Å². The minimum atomic E-state index is -0.603. The number of halogens is 2. The molecule has 5 nitrogen and oxygen atoms in total. The van der Waals surface area contributed by atoms with E-state index in [9.17, 15) is 18.4 Å². The van der Waals surface area contributed by atoms with Crippen LogP contribution in [0.25, 0.3) is 11.8 Å². The second-order valence-corrected chi connectivity index (χ2v) is 7.11. The maximum Gasteiger partial charge on any atom is 0.329 e. The summed E-state index contributed by atoms with van der Waals surface area (Å²) < 4.78 is 29.4. The second-order valence-electron chi connectivity index (χ2n) is 7.11. The molecule has 4 rings (SSSR count). The summed E-state index contributed by atoms with van der Waals surface area (Å²) in [7, 11) is 0. The third kappa shape index (κ3) is 3.50. The zero-order valence-corrected chi connectivity index (χ0v) is 16.4. The van der Waals surface area contributed by atoms with Gasteiger partial charge in [-0.1, -0.05) is 24.3 Å². The number of benzene rings is 2. The Morgan fingerprint density at radius 1 is 1.00 bits per heavy atom. The molecule has 0 spiro atoms. The molecule has 3 amide bonds. The van der Waals surface area contributed by atoms with Crippen molar-refractivity contribution in [1.82, 2.24) is 14.8 Å². The first-order valence-electron chi connectivity index (χ1n) is 9.38. The number of hydrogen-bond donors (Lipinski definition) is 1. The van der Waals surface area contributed by atoms with Gasteiger partial charge in [0.1, 0.15) is 17.3 Å². The van der Waals surface area contributed by atoms with Gasteiger partial charge in [-0.2, -0.15) is 0 Å². The normalized spacial score (nSPS) is 15.2. The van der Waals surface area contributed by atoms with Crippen LogP contribution in [0, 0.1) is 25.5 Å². The number of nitrogens with one attached hydrogen (secondary N) is 1. The summed E-state index contributed by atoms with van der Waals surface area (Å²) in [6, 6.07) is 13.5. The number of amides is 3. The van der Waals surface area contributed by atoms with Crippen molar-refractivity contribution < 1.29 is 18.4 Å². The summed E-state index contributed by atoms with van der Waals surface area (Å²) in [5, 5.41) is 2.55. The molecule has 1 fully saturated rings. The number of aryl methyl sites for hydroxylation is 1. The number of aromatic nitrogens is 1. The fraction of sp³-hybridized carbons (Fsp3) is 0.130. The van der Waals surface area contributed by atoms with Gasteiger partial charge in [0.25, 0.3) is 5.91 Å². The lowest BCUT2D eigenvalue weighted by Crippen LogP contribution is -2.30. The lowest BCUT2D eigenvalue weighted by atomic mass is 10.2. The van der Waals surface area contributed by atoms with Crippen LogP contribution >= 0.6 is 0 Å². The molecule has 1 saturated heterocycles. The predicted molar refractivity (Wildman–Crippen MR) is 109 cm³/mol. The predicted octanol–water partition coefficient (Wildman–Crippen LogP) is 4.47. The highest BCUT2D eigenvalue weighted by molar-refractivity contribution is 6.14. The number of rotatable bonds is 4. The molecule has 0 unspecified atom stereocenters. The number of hydrogen-bond acceptors (Lipinski definition) is 2. The van der Waals surface area contributed by atoms with Crippen LogP contribution in [0.15, 0.2) is 60.3 Å². The fourth-order valence-corrected chi connectivity index (χ4v) is 3.61.